The third-order valence-corrected chi connectivity index (χ3v) is 1.65. The molecule has 1 fully saturated rings. The quantitative estimate of drug-likeness (QED) is 0.491. The van der Waals surface area contributed by atoms with E-state index in [9.17, 15) is 4.79 Å². The molecule has 1 aliphatic heterocycles. The molecule has 0 radical (unpaired) electrons. The first-order chi connectivity index (χ1) is 4.75. The van der Waals surface area contributed by atoms with Gasteiger partial charge in [-0.2, -0.15) is 0 Å². The number of piperidine rings is 1. The van der Waals surface area contributed by atoms with E-state index in [4.69, 9.17) is 9.84 Å². The average molecular weight is 145 g/mol. The number of rotatable bonds is 1. The molecule has 1 heterocycles. The van der Waals surface area contributed by atoms with Gasteiger partial charge < -0.3 is 15.2 Å². The summed E-state index contributed by atoms with van der Waals surface area (Å²) in [5, 5.41) is 11.6. The highest BCUT2D eigenvalue weighted by molar-refractivity contribution is 5.81. The lowest BCUT2D eigenvalue weighted by atomic mass is 10.1. The van der Waals surface area contributed by atoms with Crippen LogP contribution < -0.4 is 5.32 Å². The van der Waals surface area contributed by atoms with Gasteiger partial charge in [0.05, 0.1) is 6.10 Å². The van der Waals surface area contributed by atoms with Gasteiger partial charge >= 0.3 is 0 Å². The largest absolute Gasteiger partial charge is 0.381 e. The maximum absolute atomic E-state index is 10.7. The predicted molar refractivity (Wildman–Crippen MR) is 34.4 cm³/mol. The molecule has 0 bridgehead atoms. The van der Waals surface area contributed by atoms with Crippen LogP contribution in [0, 0.1) is 0 Å². The third-order valence-electron chi connectivity index (χ3n) is 1.65. The van der Waals surface area contributed by atoms with Gasteiger partial charge in [0.2, 0.25) is 0 Å². The van der Waals surface area contributed by atoms with Crippen molar-refractivity contribution in [3.05, 3.63) is 0 Å². The lowest BCUT2D eigenvalue weighted by Crippen LogP contribution is -2.49. The summed E-state index contributed by atoms with van der Waals surface area (Å²) in [4.78, 5) is 10.7. The van der Waals surface area contributed by atoms with E-state index >= 15 is 0 Å². The second-order valence-corrected chi connectivity index (χ2v) is 2.30. The van der Waals surface area contributed by atoms with Crippen molar-refractivity contribution < 1.29 is 14.6 Å². The molecule has 0 unspecified atom stereocenters. The molecule has 4 heteroatoms. The van der Waals surface area contributed by atoms with Crippen LogP contribution in [0.4, 0.5) is 0 Å². The first kappa shape index (κ1) is 7.50. The molecular formula is C6H11NO3. The number of hydrogen-bond acceptors (Lipinski definition) is 3. The molecule has 1 aliphatic rings. The van der Waals surface area contributed by atoms with Gasteiger partial charge in [0, 0.05) is 13.7 Å². The van der Waals surface area contributed by atoms with Crippen molar-refractivity contribution in [1.82, 2.24) is 5.32 Å². The average Bonchev–Trinajstić information content (AvgIpc) is 1.95. The molecular weight excluding hydrogens is 134 g/mol. The van der Waals surface area contributed by atoms with Crippen LogP contribution in [0.25, 0.3) is 0 Å². The Hall–Kier alpha value is -0.610. The SMILES string of the molecule is CO[C@H]1CCNC(=O)[C@H]1O. The first-order valence-electron chi connectivity index (χ1n) is 3.24. The molecule has 0 aliphatic carbocycles. The zero-order chi connectivity index (χ0) is 7.56. The van der Waals surface area contributed by atoms with Gasteiger partial charge in [0.1, 0.15) is 0 Å². The maximum atomic E-state index is 10.7. The molecule has 2 atom stereocenters. The molecule has 0 aromatic rings. The molecule has 0 aromatic heterocycles. The number of hydrogen-bond donors (Lipinski definition) is 2. The van der Waals surface area contributed by atoms with Gasteiger partial charge in [-0.25, -0.2) is 0 Å². The lowest BCUT2D eigenvalue weighted by molar-refractivity contribution is -0.140. The number of aliphatic hydroxyl groups excluding tert-OH is 1. The minimum Gasteiger partial charge on any atom is -0.381 e. The van der Waals surface area contributed by atoms with Crippen LogP contribution >= 0.6 is 0 Å². The zero-order valence-corrected chi connectivity index (χ0v) is 5.83. The standard InChI is InChI=1S/C6H11NO3/c1-10-4-2-3-7-6(9)5(4)8/h4-5,8H,2-3H2,1H3,(H,7,9)/t4-,5-/m0/s1. The fraction of sp³-hybridized carbons (Fsp3) is 0.833. The Balaban J connectivity index is 2.51. The van der Waals surface area contributed by atoms with Crippen LogP contribution in [0.2, 0.25) is 0 Å². The van der Waals surface area contributed by atoms with Crippen LogP contribution in [-0.2, 0) is 9.53 Å². The van der Waals surface area contributed by atoms with Crippen molar-refractivity contribution in [2.75, 3.05) is 13.7 Å². The Morgan fingerprint density at radius 3 is 3.00 bits per heavy atom. The van der Waals surface area contributed by atoms with Crippen LogP contribution in [0.5, 0.6) is 0 Å². The fourth-order valence-electron chi connectivity index (χ4n) is 1.02. The molecule has 0 spiro atoms. The smallest absolute Gasteiger partial charge is 0.251 e. The molecule has 58 valence electrons. The van der Waals surface area contributed by atoms with E-state index < -0.39 is 6.10 Å². The molecule has 1 amide bonds. The lowest BCUT2D eigenvalue weighted by Gasteiger charge is -2.25. The Morgan fingerprint density at radius 1 is 1.80 bits per heavy atom. The third kappa shape index (κ3) is 1.27. The van der Waals surface area contributed by atoms with Crippen molar-refractivity contribution in [1.29, 1.82) is 0 Å². The molecule has 1 saturated heterocycles. The van der Waals surface area contributed by atoms with E-state index in [1.807, 2.05) is 0 Å². The van der Waals surface area contributed by atoms with Crippen molar-refractivity contribution in [3.63, 3.8) is 0 Å². The molecule has 0 saturated carbocycles. The van der Waals surface area contributed by atoms with E-state index in [0.717, 1.165) is 0 Å². The molecule has 1 rings (SSSR count). The summed E-state index contributed by atoms with van der Waals surface area (Å²) in [5.74, 6) is -0.335. The van der Waals surface area contributed by atoms with Gasteiger partial charge in [-0.05, 0) is 6.42 Å². The van der Waals surface area contributed by atoms with Gasteiger partial charge in [-0.1, -0.05) is 0 Å². The Kier molecular flexibility index (Phi) is 2.24. The van der Waals surface area contributed by atoms with Crippen molar-refractivity contribution in [2.24, 2.45) is 0 Å². The van der Waals surface area contributed by atoms with Crippen LogP contribution in [-0.4, -0.2) is 36.9 Å². The second-order valence-electron chi connectivity index (χ2n) is 2.30. The second kappa shape index (κ2) is 2.98. The summed E-state index contributed by atoms with van der Waals surface area (Å²) >= 11 is 0. The highest BCUT2D eigenvalue weighted by atomic mass is 16.5. The van der Waals surface area contributed by atoms with Crippen LogP contribution in [0.1, 0.15) is 6.42 Å². The number of methoxy groups -OCH3 is 1. The molecule has 4 nitrogen and oxygen atoms in total. The zero-order valence-electron chi connectivity index (χ0n) is 5.83. The monoisotopic (exact) mass is 145 g/mol. The van der Waals surface area contributed by atoms with Crippen molar-refractivity contribution in [2.45, 2.75) is 18.6 Å². The summed E-state index contributed by atoms with van der Waals surface area (Å²) in [5.41, 5.74) is 0. The number of carbonyl (C=O) groups excluding carboxylic acids is 1. The minimum absolute atomic E-state index is 0.325. The van der Waals surface area contributed by atoms with E-state index in [-0.39, 0.29) is 12.0 Å². The number of nitrogens with one attached hydrogen (secondary N) is 1. The summed E-state index contributed by atoms with van der Waals surface area (Å²) in [6.07, 6.45) is -0.629. The minimum atomic E-state index is -0.987. The van der Waals surface area contributed by atoms with Gasteiger partial charge in [0.25, 0.3) is 5.91 Å². The molecule has 0 aromatic carbocycles. The molecule has 10 heavy (non-hydrogen) atoms. The van der Waals surface area contributed by atoms with Crippen LogP contribution in [0.3, 0.4) is 0 Å². The van der Waals surface area contributed by atoms with Crippen molar-refractivity contribution in [3.8, 4) is 0 Å². The first-order valence-corrected chi connectivity index (χ1v) is 3.24. The Labute approximate surface area is 59.2 Å². The molecule has 2 N–H and O–H groups in total. The van der Waals surface area contributed by atoms with E-state index in [0.29, 0.717) is 13.0 Å². The van der Waals surface area contributed by atoms with E-state index in [2.05, 4.69) is 5.32 Å². The Morgan fingerprint density at radius 2 is 2.50 bits per heavy atom. The highest BCUT2D eigenvalue weighted by Gasteiger charge is 2.29. The number of aliphatic hydroxyl groups is 1. The maximum Gasteiger partial charge on any atom is 0.251 e. The number of carbonyl (C=O) groups is 1. The van der Waals surface area contributed by atoms with E-state index in [1.54, 1.807) is 0 Å². The number of ether oxygens (including phenoxy) is 1. The van der Waals surface area contributed by atoms with Gasteiger partial charge in [0.15, 0.2) is 6.10 Å². The Bertz CT molecular complexity index is 137. The van der Waals surface area contributed by atoms with E-state index in [1.165, 1.54) is 7.11 Å². The summed E-state index contributed by atoms with van der Waals surface area (Å²) in [6, 6.07) is 0. The van der Waals surface area contributed by atoms with Crippen LogP contribution in [0.15, 0.2) is 0 Å². The summed E-state index contributed by atoms with van der Waals surface area (Å²) < 4.78 is 4.86. The van der Waals surface area contributed by atoms with Gasteiger partial charge in [-0.3, -0.25) is 4.79 Å². The van der Waals surface area contributed by atoms with Crippen molar-refractivity contribution >= 4 is 5.91 Å². The topological polar surface area (TPSA) is 58.6 Å². The normalized spacial score (nSPS) is 33.6. The highest BCUT2D eigenvalue weighted by Crippen LogP contribution is 2.07. The van der Waals surface area contributed by atoms with Gasteiger partial charge in [-0.15, -0.1) is 0 Å². The predicted octanol–water partition coefficient (Wildman–Crippen LogP) is -1.12. The summed E-state index contributed by atoms with van der Waals surface area (Å²) in [6.45, 7) is 0.592. The fourth-order valence-corrected chi connectivity index (χ4v) is 1.02. The summed E-state index contributed by atoms with van der Waals surface area (Å²) in [7, 11) is 1.49. The number of amides is 1.